The Balaban J connectivity index is 2.03. The lowest BCUT2D eigenvalue weighted by Gasteiger charge is -2.21. The van der Waals surface area contributed by atoms with Gasteiger partial charge in [-0.15, -0.1) is 0 Å². The molecule has 2 aromatic heterocycles. The van der Waals surface area contributed by atoms with E-state index in [4.69, 9.17) is 17.0 Å². The standard InChI is InChI=1S/C16H24N4OS/c1-3-8-20(9-4-2)10-11-21-15-13(12-18-16(22)19-15)14-6-5-7-17-14/h5-7,12,17H,3-4,8-11H2,1-2H3,(H,18,19,22). The molecule has 0 aliphatic rings. The van der Waals surface area contributed by atoms with Crippen molar-refractivity contribution in [3.63, 3.8) is 0 Å². The van der Waals surface area contributed by atoms with E-state index in [0.717, 1.165) is 43.7 Å². The summed E-state index contributed by atoms with van der Waals surface area (Å²) in [6, 6.07) is 3.94. The summed E-state index contributed by atoms with van der Waals surface area (Å²) < 4.78 is 6.38. The number of aromatic nitrogens is 3. The van der Waals surface area contributed by atoms with Gasteiger partial charge in [0.2, 0.25) is 5.88 Å². The second kappa shape index (κ2) is 8.70. The summed E-state index contributed by atoms with van der Waals surface area (Å²) >= 11 is 5.11. The first-order chi connectivity index (χ1) is 10.7. The number of hydrogen-bond donors (Lipinski definition) is 2. The molecule has 0 aromatic carbocycles. The van der Waals surface area contributed by atoms with E-state index in [1.807, 2.05) is 18.3 Å². The summed E-state index contributed by atoms with van der Waals surface area (Å²) in [6.07, 6.45) is 5.94. The van der Waals surface area contributed by atoms with Crippen molar-refractivity contribution in [2.75, 3.05) is 26.2 Å². The quantitative estimate of drug-likeness (QED) is 0.693. The van der Waals surface area contributed by atoms with Crippen LogP contribution in [0.1, 0.15) is 26.7 Å². The molecule has 0 atom stereocenters. The Labute approximate surface area is 136 Å². The second-order valence-corrected chi connectivity index (χ2v) is 5.59. The molecule has 0 saturated carbocycles. The van der Waals surface area contributed by atoms with Gasteiger partial charge in [-0.3, -0.25) is 4.90 Å². The molecule has 2 rings (SSSR count). The van der Waals surface area contributed by atoms with Crippen LogP contribution in [0.3, 0.4) is 0 Å². The zero-order chi connectivity index (χ0) is 15.8. The van der Waals surface area contributed by atoms with Crippen LogP contribution in [0.5, 0.6) is 5.88 Å². The van der Waals surface area contributed by atoms with Crippen LogP contribution in [0.15, 0.2) is 24.5 Å². The van der Waals surface area contributed by atoms with E-state index in [2.05, 4.69) is 33.7 Å². The van der Waals surface area contributed by atoms with Crippen LogP contribution in [-0.2, 0) is 0 Å². The van der Waals surface area contributed by atoms with Gasteiger partial charge in [0.15, 0.2) is 4.77 Å². The zero-order valence-corrected chi connectivity index (χ0v) is 14.1. The van der Waals surface area contributed by atoms with Crippen LogP contribution >= 0.6 is 12.2 Å². The maximum atomic E-state index is 5.94. The summed E-state index contributed by atoms with van der Waals surface area (Å²) in [5.74, 6) is 0.676. The number of rotatable bonds is 9. The van der Waals surface area contributed by atoms with Crippen LogP contribution in [0.25, 0.3) is 11.3 Å². The summed E-state index contributed by atoms with van der Waals surface area (Å²) in [7, 11) is 0. The maximum Gasteiger partial charge on any atom is 0.204 e. The fourth-order valence-corrected chi connectivity index (χ4v) is 2.57. The fourth-order valence-electron chi connectivity index (χ4n) is 2.43. The van der Waals surface area contributed by atoms with Gasteiger partial charge < -0.3 is 14.7 Å². The van der Waals surface area contributed by atoms with Crippen molar-refractivity contribution < 1.29 is 4.74 Å². The average molecular weight is 320 g/mol. The minimum Gasteiger partial charge on any atom is -0.477 e. The Hall–Kier alpha value is -1.66. The number of nitrogens with zero attached hydrogens (tertiary/aromatic N) is 2. The minimum absolute atomic E-state index is 0.435. The lowest BCUT2D eigenvalue weighted by molar-refractivity contribution is 0.205. The van der Waals surface area contributed by atoms with E-state index >= 15 is 0 Å². The minimum atomic E-state index is 0.435. The highest BCUT2D eigenvalue weighted by atomic mass is 32.1. The first-order valence-corrected chi connectivity index (χ1v) is 8.23. The third-order valence-corrected chi connectivity index (χ3v) is 3.61. The van der Waals surface area contributed by atoms with Gasteiger partial charge in [-0.25, -0.2) is 4.98 Å². The molecule has 5 nitrogen and oxygen atoms in total. The number of H-pyrrole nitrogens is 2. The Kier molecular flexibility index (Phi) is 6.61. The molecule has 2 heterocycles. The van der Waals surface area contributed by atoms with Crippen LogP contribution < -0.4 is 4.74 Å². The van der Waals surface area contributed by atoms with E-state index in [1.54, 1.807) is 6.20 Å². The third-order valence-electron chi connectivity index (χ3n) is 3.40. The van der Waals surface area contributed by atoms with Gasteiger partial charge in [0.25, 0.3) is 0 Å². The topological polar surface area (TPSA) is 56.9 Å². The molecule has 0 spiro atoms. The first kappa shape index (κ1) is 16.7. The summed E-state index contributed by atoms with van der Waals surface area (Å²) in [4.78, 5) is 12.8. The highest BCUT2D eigenvalue weighted by Crippen LogP contribution is 2.25. The van der Waals surface area contributed by atoms with E-state index < -0.39 is 0 Å². The van der Waals surface area contributed by atoms with Crippen molar-refractivity contribution in [3.05, 3.63) is 29.3 Å². The normalized spacial score (nSPS) is 11.0. The highest BCUT2D eigenvalue weighted by molar-refractivity contribution is 7.71. The predicted molar refractivity (Wildman–Crippen MR) is 91.7 cm³/mol. The van der Waals surface area contributed by atoms with Gasteiger partial charge in [-0.1, -0.05) is 13.8 Å². The van der Waals surface area contributed by atoms with Crippen molar-refractivity contribution in [1.82, 2.24) is 19.9 Å². The molecule has 0 amide bonds. The monoisotopic (exact) mass is 320 g/mol. The molecule has 0 saturated heterocycles. The molecule has 22 heavy (non-hydrogen) atoms. The largest absolute Gasteiger partial charge is 0.477 e. The van der Waals surface area contributed by atoms with Crippen molar-refractivity contribution in [2.24, 2.45) is 0 Å². The molecular formula is C16H24N4OS. The molecule has 0 radical (unpaired) electrons. The summed E-state index contributed by atoms with van der Waals surface area (Å²) in [5.41, 5.74) is 1.86. The molecule has 0 aliphatic heterocycles. The van der Waals surface area contributed by atoms with Crippen molar-refractivity contribution in [2.45, 2.75) is 26.7 Å². The van der Waals surface area contributed by atoms with Crippen molar-refractivity contribution in [3.8, 4) is 17.1 Å². The summed E-state index contributed by atoms with van der Waals surface area (Å²) in [5, 5.41) is 0. The second-order valence-electron chi connectivity index (χ2n) is 5.21. The Morgan fingerprint density at radius 1 is 1.23 bits per heavy atom. The van der Waals surface area contributed by atoms with E-state index in [9.17, 15) is 0 Å². The molecular weight excluding hydrogens is 296 g/mol. The Bertz CT molecular complexity index is 603. The molecule has 2 N–H and O–H groups in total. The maximum absolute atomic E-state index is 5.94. The van der Waals surface area contributed by atoms with E-state index in [0.29, 0.717) is 17.3 Å². The van der Waals surface area contributed by atoms with Gasteiger partial charge in [-0.2, -0.15) is 0 Å². The first-order valence-electron chi connectivity index (χ1n) is 7.82. The Morgan fingerprint density at radius 3 is 2.64 bits per heavy atom. The van der Waals surface area contributed by atoms with Gasteiger partial charge in [0.05, 0.1) is 11.3 Å². The number of ether oxygens (including phenoxy) is 1. The zero-order valence-electron chi connectivity index (χ0n) is 13.3. The number of nitrogens with one attached hydrogen (secondary N) is 2. The molecule has 0 bridgehead atoms. The molecule has 2 aromatic rings. The van der Waals surface area contributed by atoms with Crippen LogP contribution in [0.4, 0.5) is 0 Å². The molecule has 0 aliphatic carbocycles. The van der Waals surface area contributed by atoms with Gasteiger partial charge >= 0.3 is 0 Å². The molecule has 0 fully saturated rings. The van der Waals surface area contributed by atoms with E-state index in [-0.39, 0.29) is 0 Å². The average Bonchev–Trinajstić information content (AvgIpc) is 3.02. The lowest BCUT2D eigenvalue weighted by atomic mass is 10.2. The lowest BCUT2D eigenvalue weighted by Crippen LogP contribution is -2.30. The summed E-state index contributed by atoms with van der Waals surface area (Å²) in [6.45, 7) is 8.15. The predicted octanol–water partition coefficient (Wildman–Crippen LogP) is 3.64. The van der Waals surface area contributed by atoms with Gasteiger partial charge in [0.1, 0.15) is 6.61 Å². The molecule has 6 heteroatoms. The highest BCUT2D eigenvalue weighted by Gasteiger charge is 2.09. The number of aromatic amines is 2. The smallest absolute Gasteiger partial charge is 0.204 e. The number of hydrogen-bond acceptors (Lipinski definition) is 4. The van der Waals surface area contributed by atoms with Crippen LogP contribution in [-0.4, -0.2) is 46.1 Å². The van der Waals surface area contributed by atoms with Gasteiger partial charge in [0, 0.05) is 18.9 Å². The van der Waals surface area contributed by atoms with Crippen molar-refractivity contribution >= 4 is 12.2 Å². The van der Waals surface area contributed by atoms with Crippen LogP contribution in [0.2, 0.25) is 0 Å². The van der Waals surface area contributed by atoms with Crippen molar-refractivity contribution in [1.29, 1.82) is 0 Å². The SMILES string of the molecule is CCCN(CCC)CCOc1[nH]c(=S)ncc1-c1ccc[nH]1. The molecule has 120 valence electrons. The fraction of sp³-hybridized carbons (Fsp3) is 0.500. The van der Waals surface area contributed by atoms with Gasteiger partial charge in [-0.05, 0) is 50.3 Å². The Morgan fingerprint density at radius 2 is 2.00 bits per heavy atom. The third kappa shape index (κ3) is 4.68. The van der Waals surface area contributed by atoms with E-state index in [1.165, 1.54) is 0 Å². The molecule has 0 unspecified atom stereocenters. The van der Waals surface area contributed by atoms with Crippen LogP contribution in [0, 0.1) is 4.77 Å².